The van der Waals surface area contributed by atoms with Gasteiger partial charge in [-0.25, -0.2) is 0 Å². The summed E-state index contributed by atoms with van der Waals surface area (Å²) in [7, 11) is 0. The molecule has 0 unspecified atom stereocenters. The maximum absolute atomic E-state index is 12.4. The zero-order chi connectivity index (χ0) is 19.6. The van der Waals surface area contributed by atoms with E-state index >= 15 is 0 Å². The SMILES string of the molecule is CC(C)(C)NC(=S)NNC(=O)[C@H]1CC(=O)N(c2ccc3c(c2)OCCO3)C1. The molecule has 1 aromatic rings. The van der Waals surface area contributed by atoms with Gasteiger partial charge in [0, 0.05) is 30.3 Å². The van der Waals surface area contributed by atoms with Crippen LogP contribution in [0.15, 0.2) is 18.2 Å². The van der Waals surface area contributed by atoms with Gasteiger partial charge in [0.15, 0.2) is 16.6 Å². The van der Waals surface area contributed by atoms with E-state index in [4.69, 9.17) is 21.7 Å². The molecular formula is C18H24N4O4S. The van der Waals surface area contributed by atoms with Crippen molar-refractivity contribution in [2.75, 3.05) is 24.7 Å². The Morgan fingerprint density at radius 3 is 2.59 bits per heavy atom. The van der Waals surface area contributed by atoms with Crippen LogP contribution in [0.1, 0.15) is 27.2 Å². The van der Waals surface area contributed by atoms with Crippen molar-refractivity contribution in [2.24, 2.45) is 5.92 Å². The Hall–Kier alpha value is -2.55. The summed E-state index contributed by atoms with van der Waals surface area (Å²) in [6.07, 6.45) is 0.140. The van der Waals surface area contributed by atoms with Gasteiger partial charge in [-0.15, -0.1) is 0 Å². The van der Waals surface area contributed by atoms with Crippen molar-refractivity contribution < 1.29 is 19.1 Å². The van der Waals surface area contributed by atoms with Gasteiger partial charge in [-0.3, -0.25) is 20.4 Å². The lowest BCUT2D eigenvalue weighted by molar-refractivity contribution is -0.126. The molecule has 8 nitrogen and oxygen atoms in total. The third kappa shape index (κ3) is 4.79. The standard InChI is InChI=1S/C18H24N4O4S/c1-18(2,3)19-17(27)21-20-16(24)11-8-15(23)22(10-11)12-4-5-13-14(9-12)26-7-6-25-13/h4-5,9,11H,6-8,10H2,1-3H3,(H,20,24)(H2,19,21,27)/t11-/m0/s1. The zero-order valence-electron chi connectivity index (χ0n) is 15.6. The number of hydrogen-bond donors (Lipinski definition) is 3. The molecule has 0 radical (unpaired) electrons. The molecule has 2 heterocycles. The fourth-order valence-corrected chi connectivity index (χ4v) is 3.28. The number of fused-ring (bicyclic) bond motifs is 1. The second-order valence-corrected chi connectivity index (χ2v) is 7.96. The van der Waals surface area contributed by atoms with Crippen LogP contribution >= 0.6 is 12.2 Å². The summed E-state index contributed by atoms with van der Waals surface area (Å²) in [6, 6.07) is 5.35. The molecule has 2 amide bonds. The number of amides is 2. The molecule has 1 aromatic carbocycles. The number of hydrogen-bond acceptors (Lipinski definition) is 5. The van der Waals surface area contributed by atoms with Gasteiger partial charge < -0.3 is 19.7 Å². The van der Waals surface area contributed by atoms with E-state index in [9.17, 15) is 9.59 Å². The quantitative estimate of drug-likeness (QED) is 0.513. The number of carbonyl (C=O) groups is 2. The van der Waals surface area contributed by atoms with Gasteiger partial charge in [0.25, 0.3) is 0 Å². The minimum absolute atomic E-state index is 0.109. The molecular weight excluding hydrogens is 368 g/mol. The Bertz CT molecular complexity index is 762. The summed E-state index contributed by atoms with van der Waals surface area (Å²) < 4.78 is 11.1. The fraction of sp³-hybridized carbons (Fsp3) is 0.500. The highest BCUT2D eigenvalue weighted by atomic mass is 32.1. The van der Waals surface area contributed by atoms with Crippen LogP contribution in [0.3, 0.4) is 0 Å². The Balaban J connectivity index is 1.58. The highest BCUT2D eigenvalue weighted by Gasteiger charge is 2.35. The number of nitrogens with zero attached hydrogens (tertiary/aromatic N) is 1. The van der Waals surface area contributed by atoms with Crippen LogP contribution in [-0.2, 0) is 9.59 Å². The van der Waals surface area contributed by atoms with Crippen LogP contribution in [0, 0.1) is 5.92 Å². The highest BCUT2D eigenvalue weighted by Crippen LogP contribution is 2.35. The molecule has 1 fully saturated rings. The van der Waals surface area contributed by atoms with Crippen LogP contribution < -0.4 is 30.5 Å². The number of benzene rings is 1. The molecule has 2 aliphatic rings. The molecule has 146 valence electrons. The van der Waals surface area contributed by atoms with Gasteiger partial charge >= 0.3 is 0 Å². The number of nitrogens with one attached hydrogen (secondary N) is 3. The summed E-state index contributed by atoms with van der Waals surface area (Å²) in [4.78, 5) is 26.4. The summed E-state index contributed by atoms with van der Waals surface area (Å²) in [6.45, 7) is 7.17. The van der Waals surface area contributed by atoms with Crippen LogP contribution in [0.4, 0.5) is 5.69 Å². The molecule has 0 bridgehead atoms. The number of hydrazine groups is 1. The Labute approximate surface area is 163 Å². The average Bonchev–Trinajstić information content (AvgIpc) is 2.99. The van der Waals surface area contributed by atoms with Gasteiger partial charge in [-0.2, -0.15) is 0 Å². The lowest BCUT2D eigenvalue weighted by Gasteiger charge is -2.23. The lowest BCUT2D eigenvalue weighted by Crippen LogP contribution is -2.53. The van der Waals surface area contributed by atoms with Gasteiger partial charge in [-0.05, 0) is 45.1 Å². The largest absolute Gasteiger partial charge is 0.486 e. The van der Waals surface area contributed by atoms with E-state index in [1.165, 1.54) is 0 Å². The molecule has 0 spiro atoms. The van der Waals surface area contributed by atoms with E-state index in [1.807, 2.05) is 20.8 Å². The monoisotopic (exact) mass is 392 g/mol. The predicted octanol–water partition coefficient (Wildman–Crippen LogP) is 1.10. The third-order valence-corrected chi connectivity index (χ3v) is 4.33. The summed E-state index contributed by atoms with van der Waals surface area (Å²) in [5, 5.41) is 3.36. The van der Waals surface area contributed by atoms with E-state index in [-0.39, 0.29) is 23.8 Å². The Morgan fingerprint density at radius 1 is 1.19 bits per heavy atom. The first-order valence-corrected chi connectivity index (χ1v) is 9.22. The minimum atomic E-state index is -0.462. The van der Waals surface area contributed by atoms with Crippen molar-refractivity contribution in [1.29, 1.82) is 0 Å². The lowest BCUT2D eigenvalue weighted by atomic mass is 10.1. The number of anilines is 1. The van der Waals surface area contributed by atoms with Crippen molar-refractivity contribution in [1.82, 2.24) is 16.2 Å². The maximum atomic E-state index is 12.4. The van der Waals surface area contributed by atoms with Gasteiger partial charge in [-0.1, -0.05) is 0 Å². The van der Waals surface area contributed by atoms with Crippen molar-refractivity contribution >= 4 is 34.8 Å². The first-order chi connectivity index (χ1) is 12.7. The molecule has 0 saturated carbocycles. The summed E-state index contributed by atoms with van der Waals surface area (Å²) in [5.74, 6) is 0.425. The summed E-state index contributed by atoms with van der Waals surface area (Å²) in [5.41, 5.74) is 5.73. The second-order valence-electron chi connectivity index (χ2n) is 7.55. The molecule has 3 rings (SSSR count). The first-order valence-electron chi connectivity index (χ1n) is 8.81. The van der Waals surface area contributed by atoms with E-state index in [0.29, 0.717) is 42.1 Å². The van der Waals surface area contributed by atoms with E-state index in [2.05, 4.69) is 16.2 Å². The predicted molar refractivity (Wildman–Crippen MR) is 105 cm³/mol. The molecule has 3 N–H and O–H groups in total. The average molecular weight is 392 g/mol. The van der Waals surface area contributed by atoms with Gasteiger partial charge in [0.1, 0.15) is 13.2 Å². The number of rotatable bonds is 2. The van der Waals surface area contributed by atoms with E-state index < -0.39 is 5.92 Å². The van der Waals surface area contributed by atoms with E-state index in [1.54, 1.807) is 23.1 Å². The number of ether oxygens (including phenoxy) is 2. The van der Waals surface area contributed by atoms with Crippen molar-refractivity contribution in [2.45, 2.75) is 32.7 Å². The molecule has 9 heteroatoms. The maximum Gasteiger partial charge on any atom is 0.243 e. The first kappa shape index (κ1) is 19.2. The fourth-order valence-electron chi connectivity index (χ4n) is 2.92. The molecule has 27 heavy (non-hydrogen) atoms. The topological polar surface area (TPSA) is 91.9 Å². The zero-order valence-corrected chi connectivity index (χ0v) is 16.4. The van der Waals surface area contributed by atoms with Crippen molar-refractivity contribution in [3.63, 3.8) is 0 Å². The van der Waals surface area contributed by atoms with E-state index in [0.717, 1.165) is 0 Å². The Morgan fingerprint density at radius 2 is 1.89 bits per heavy atom. The molecule has 2 aliphatic heterocycles. The van der Waals surface area contributed by atoms with Crippen molar-refractivity contribution in [3.8, 4) is 11.5 Å². The highest BCUT2D eigenvalue weighted by molar-refractivity contribution is 7.80. The molecule has 0 aliphatic carbocycles. The van der Waals surface area contributed by atoms with Crippen LogP contribution in [0.2, 0.25) is 0 Å². The number of carbonyl (C=O) groups excluding carboxylic acids is 2. The minimum Gasteiger partial charge on any atom is -0.486 e. The van der Waals surface area contributed by atoms with Crippen LogP contribution in [0.25, 0.3) is 0 Å². The number of thiocarbonyl (C=S) groups is 1. The second kappa shape index (κ2) is 7.59. The molecule has 0 aromatic heterocycles. The molecule has 1 atom stereocenters. The van der Waals surface area contributed by atoms with Gasteiger partial charge in [0.05, 0.1) is 5.92 Å². The van der Waals surface area contributed by atoms with Crippen molar-refractivity contribution in [3.05, 3.63) is 18.2 Å². The van der Waals surface area contributed by atoms with Crippen LogP contribution in [-0.4, -0.2) is 42.2 Å². The van der Waals surface area contributed by atoms with Crippen LogP contribution in [0.5, 0.6) is 11.5 Å². The molecule has 1 saturated heterocycles. The normalized spacial score (nSPS) is 18.9. The smallest absolute Gasteiger partial charge is 0.243 e. The van der Waals surface area contributed by atoms with Gasteiger partial charge in [0.2, 0.25) is 11.8 Å². The Kier molecular flexibility index (Phi) is 5.41. The summed E-state index contributed by atoms with van der Waals surface area (Å²) >= 11 is 5.13. The third-order valence-electron chi connectivity index (χ3n) is 4.12.